The second-order valence-electron chi connectivity index (χ2n) is 5.26. The normalized spacial score (nSPS) is 19.1. The third-order valence-corrected chi connectivity index (χ3v) is 4.09. The van der Waals surface area contributed by atoms with Gasteiger partial charge in [0.1, 0.15) is 0 Å². The maximum atomic E-state index is 12.3. The molecule has 1 rings (SSSR count). The van der Waals surface area contributed by atoms with Crippen molar-refractivity contribution in [2.24, 2.45) is 5.92 Å². The highest BCUT2D eigenvalue weighted by atomic mass is 16.4. The maximum absolute atomic E-state index is 12.3. The van der Waals surface area contributed by atoms with Gasteiger partial charge in [-0.15, -0.1) is 0 Å². The Hall–Kier alpha value is -1.10. The highest BCUT2D eigenvalue weighted by Crippen LogP contribution is 2.22. The number of likely N-dealkylation sites (tertiary alicyclic amines) is 1. The average molecular weight is 270 g/mol. The Kier molecular flexibility index (Phi) is 6.28. The minimum absolute atomic E-state index is 0.0920. The van der Waals surface area contributed by atoms with E-state index in [-0.39, 0.29) is 24.3 Å². The number of carboxylic acid groups (broad SMARTS) is 1. The molecule has 1 atom stereocenters. The van der Waals surface area contributed by atoms with Crippen molar-refractivity contribution < 1.29 is 14.7 Å². The quantitative estimate of drug-likeness (QED) is 0.793. The summed E-state index contributed by atoms with van der Waals surface area (Å²) in [5, 5.41) is 8.79. The van der Waals surface area contributed by atoms with Gasteiger partial charge in [-0.3, -0.25) is 14.5 Å². The number of hydrogen-bond donors (Lipinski definition) is 1. The lowest BCUT2D eigenvalue weighted by Gasteiger charge is -2.36. The van der Waals surface area contributed by atoms with Gasteiger partial charge in [0, 0.05) is 19.5 Å². The Morgan fingerprint density at radius 3 is 2.21 bits per heavy atom. The van der Waals surface area contributed by atoms with E-state index in [1.807, 2.05) is 25.7 Å². The second-order valence-corrected chi connectivity index (χ2v) is 5.26. The number of likely N-dealkylation sites (N-methyl/N-ethyl adjacent to an activating group) is 1. The van der Waals surface area contributed by atoms with Gasteiger partial charge >= 0.3 is 5.97 Å². The van der Waals surface area contributed by atoms with Crippen molar-refractivity contribution in [1.82, 2.24) is 9.80 Å². The van der Waals surface area contributed by atoms with Crippen LogP contribution in [0.25, 0.3) is 0 Å². The van der Waals surface area contributed by atoms with Gasteiger partial charge in [-0.25, -0.2) is 0 Å². The number of amides is 1. The highest BCUT2D eigenvalue weighted by molar-refractivity contribution is 5.81. The zero-order chi connectivity index (χ0) is 14.4. The second kappa shape index (κ2) is 7.48. The molecule has 5 nitrogen and oxygen atoms in total. The van der Waals surface area contributed by atoms with Gasteiger partial charge in [-0.05, 0) is 52.6 Å². The number of piperidine rings is 1. The molecule has 0 aromatic heterocycles. The van der Waals surface area contributed by atoms with Crippen LogP contribution in [-0.4, -0.2) is 59.0 Å². The minimum atomic E-state index is -0.717. The third kappa shape index (κ3) is 4.49. The number of carbonyl (C=O) groups is 2. The zero-order valence-electron chi connectivity index (χ0n) is 12.3. The number of nitrogens with zero attached hydrogens (tertiary/aromatic N) is 2. The molecule has 0 radical (unpaired) electrons. The van der Waals surface area contributed by atoms with Crippen LogP contribution in [0, 0.1) is 5.92 Å². The van der Waals surface area contributed by atoms with E-state index in [9.17, 15) is 9.59 Å². The summed E-state index contributed by atoms with van der Waals surface area (Å²) in [5.74, 6) is -0.267. The molecule has 0 bridgehead atoms. The summed E-state index contributed by atoms with van der Waals surface area (Å²) in [5.41, 5.74) is 0. The van der Waals surface area contributed by atoms with Gasteiger partial charge in [-0.2, -0.15) is 0 Å². The van der Waals surface area contributed by atoms with E-state index in [2.05, 4.69) is 4.90 Å². The summed E-state index contributed by atoms with van der Waals surface area (Å²) in [7, 11) is 0. The fourth-order valence-corrected chi connectivity index (χ4v) is 2.75. The molecule has 1 N–H and O–H groups in total. The predicted molar refractivity (Wildman–Crippen MR) is 73.9 cm³/mol. The van der Waals surface area contributed by atoms with Crippen LogP contribution >= 0.6 is 0 Å². The lowest BCUT2D eigenvalue weighted by Crippen LogP contribution is -2.49. The van der Waals surface area contributed by atoms with Gasteiger partial charge in [-0.1, -0.05) is 0 Å². The molecule has 1 aliphatic heterocycles. The van der Waals surface area contributed by atoms with Gasteiger partial charge in [0.25, 0.3) is 0 Å². The average Bonchev–Trinajstić information content (AvgIpc) is 2.39. The molecule has 1 unspecified atom stereocenters. The van der Waals surface area contributed by atoms with Gasteiger partial charge < -0.3 is 10.0 Å². The van der Waals surface area contributed by atoms with E-state index in [4.69, 9.17) is 5.11 Å². The number of carboxylic acids is 1. The lowest BCUT2D eigenvalue weighted by atomic mass is 9.93. The van der Waals surface area contributed by atoms with Gasteiger partial charge in [0.05, 0.1) is 6.04 Å². The highest BCUT2D eigenvalue weighted by Gasteiger charge is 2.29. The van der Waals surface area contributed by atoms with Crippen molar-refractivity contribution in [3.8, 4) is 0 Å². The topological polar surface area (TPSA) is 60.9 Å². The summed E-state index contributed by atoms with van der Waals surface area (Å²) < 4.78 is 0. The first-order valence-electron chi connectivity index (χ1n) is 7.24. The van der Waals surface area contributed by atoms with Crippen LogP contribution in [0.15, 0.2) is 0 Å². The van der Waals surface area contributed by atoms with Crippen LogP contribution in [0.2, 0.25) is 0 Å². The number of carbonyl (C=O) groups excluding carboxylic acids is 1. The molecule has 1 amide bonds. The van der Waals surface area contributed by atoms with Crippen LogP contribution in [0.5, 0.6) is 0 Å². The lowest BCUT2D eigenvalue weighted by molar-refractivity contribution is -0.140. The molecule has 19 heavy (non-hydrogen) atoms. The summed E-state index contributed by atoms with van der Waals surface area (Å²) in [6.45, 7) is 9.08. The van der Waals surface area contributed by atoms with Gasteiger partial charge in [0.15, 0.2) is 0 Å². The van der Waals surface area contributed by atoms with E-state index in [0.29, 0.717) is 0 Å². The van der Waals surface area contributed by atoms with Crippen molar-refractivity contribution in [2.45, 2.75) is 46.1 Å². The van der Waals surface area contributed by atoms with E-state index >= 15 is 0 Å². The first kappa shape index (κ1) is 16.0. The molecular weight excluding hydrogens is 244 g/mol. The first-order valence-corrected chi connectivity index (χ1v) is 7.24. The minimum Gasteiger partial charge on any atom is -0.481 e. The standard InChI is InChI=1S/C14H26N2O3/c1-4-15(5-2)14(19)11(3)16-8-6-12(7-9-16)10-13(17)18/h11-12H,4-10H2,1-3H3,(H,17,18). The molecule has 0 aromatic carbocycles. The molecule has 5 heteroatoms. The zero-order valence-corrected chi connectivity index (χ0v) is 12.3. The van der Waals surface area contributed by atoms with E-state index in [1.54, 1.807) is 0 Å². The Labute approximate surface area is 115 Å². The van der Waals surface area contributed by atoms with Crippen molar-refractivity contribution in [2.75, 3.05) is 26.2 Å². The first-order chi connectivity index (χ1) is 8.99. The molecule has 1 heterocycles. The Morgan fingerprint density at radius 1 is 1.26 bits per heavy atom. The number of aliphatic carboxylic acids is 1. The molecule has 1 aliphatic rings. The Balaban J connectivity index is 2.46. The van der Waals surface area contributed by atoms with Crippen LogP contribution in [0.3, 0.4) is 0 Å². The molecule has 110 valence electrons. The van der Waals surface area contributed by atoms with Crippen LogP contribution in [0.4, 0.5) is 0 Å². The van der Waals surface area contributed by atoms with Crippen molar-refractivity contribution in [1.29, 1.82) is 0 Å². The maximum Gasteiger partial charge on any atom is 0.303 e. The molecule has 0 aromatic rings. The van der Waals surface area contributed by atoms with Crippen molar-refractivity contribution in [3.05, 3.63) is 0 Å². The largest absolute Gasteiger partial charge is 0.481 e. The SMILES string of the molecule is CCN(CC)C(=O)C(C)N1CCC(CC(=O)O)CC1. The summed E-state index contributed by atoms with van der Waals surface area (Å²) in [6, 6.07) is -0.0920. The van der Waals surface area contributed by atoms with E-state index in [0.717, 1.165) is 39.0 Å². The monoisotopic (exact) mass is 270 g/mol. The Morgan fingerprint density at radius 2 is 1.79 bits per heavy atom. The molecular formula is C14H26N2O3. The van der Waals surface area contributed by atoms with Crippen LogP contribution < -0.4 is 0 Å². The molecule has 1 saturated heterocycles. The molecule has 0 aliphatic carbocycles. The Bertz CT molecular complexity index is 308. The smallest absolute Gasteiger partial charge is 0.303 e. The van der Waals surface area contributed by atoms with Crippen molar-refractivity contribution in [3.63, 3.8) is 0 Å². The van der Waals surface area contributed by atoms with Crippen LogP contribution in [-0.2, 0) is 9.59 Å². The molecule has 0 saturated carbocycles. The fourth-order valence-electron chi connectivity index (χ4n) is 2.75. The third-order valence-electron chi connectivity index (χ3n) is 4.09. The summed E-state index contributed by atoms with van der Waals surface area (Å²) in [4.78, 5) is 27.0. The number of rotatable bonds is 6. The van der Waals surface area contributed by atoms with E-state index < -0.39 is 5.97 Å². The van der Waals surface area contributed by atoms with Crippen LogP contribution in [0.1, 0.15) is 40.0 Å². The predicted octanol–water partition coefficient (Wildman–Crippen LogP) is 1.43. The fraction of sp³-hybridized carbons (Fsp3) is 0.857. The van der Waals surface area contributed by atoms with Crippen molar-refractivity contribution >= 4 is 11.9 Å². The molecule has 1 fully saturated rings. The summed E-state index contributed by atoms with van der Waals surface area (Å²) in [6.07, 6.45) is 2.01. The molecule has 0 spiro atoms. The van der Waals surface area contributed by atoms with E-state index in [1.165, 1.54) is 0 Å². The summed E-state index contributed by atoms with van der Waals surface area (Å²) >= 11 is 0. The van der Waals surface area contributed by atoms with Gasteiger partial charge in [0.2, 0.25) is 5.91 Å². The number of hydrogen-bond acceptors (Lipinski definition) is 3.